The Kier molecular flexibility index (Phi) is 3.14. The normalized spacial score (nSPS) is 13.5. The Hall–Kier alpha value is -1.49. The fourth-order valence-corrected chi connectivity index (χ4v) is 2.13. The van der Waals surface area contributed by atoms with Crippen LogP contribution in [-0.2, 0) is 9.53 Å². The standard InChI is InChI=1S/C11H12N2O2S/c1-3-15-11(14)10-12-8-5-4-7(2)6-9(8)16-13-10/h4-6H,3H2,1-2H3,(H,12,13). The van der Waals surface area contributed by atoms with Gasteiger partial charge in [0, 0.05) is 0 Å². The summed E-state index contributed by atoms with van der Waals surface area (Å²) in [6, 6.07) is 5.90. The Labute approximate surface area is 98.2 Å². The molecule has 1 aliphatic heterocycles. The molecule has 0 saturated heterocycles. The molecule has 0 saturated carbocycles. The van der Waals surface area contributed by atoms with E-state index in [1.165, 1.54) is 17.5 Å². The number of hydrogen-bond donors (Lipinski definition) is 1. The summed E-state index contributed by atoms with van der Waals surface area (Å²) in [5.74, 6) is -0.163. The number of hydrogen-bond acceptors (Lipinski definition) is 5. The second-order valence-corrected chi connectivity index (χ2v) is 4.20. The summed E-state index contributed by atoms with van der Waals surface area (Å²) < 4.78 is 7.75. The van der Waals surface area contributed by atoms with E-state index in [1.54, 1.807) is 6.92 Å². The lowest BCUT2D eigenvalue weighted by atomic mass is 10.2. The van der Waals surface area contributed by atoms with Gasteiger partial charge in [-0.05, 0) is 43.5 Å². The van der Waals surface area contributed by atoms with Gasteiger partial charge in [-0.1, -0.05) is 6.07 Å². The van der Waals surface area contributed by atoms with Crippen LogP contribution in [0.4, 0.5) is 5.69 Å². The molecule has 0 radical (unpaired) electrons. The maximum atomic E-state index is 11.4. The molecule has 84 valence electrons. The van der Waals surface area contributed by atoms with Crippen molar-refractivity contribution in [1.82, 2.24) is 4.72 Å². The maximum Gasteiger partial charge on any atom is 0.374 e. The van der Waals surface area contributed by atoms with E-state index >= 15 is 0 Å². The van der Waals surface area contributed by atoms with Gasteiger partial charge in [-0.15, -0.1) is 0 Å². The first-order chi connectivity index (χ1) is 7.70. The van der Waals surface area contributed by atoms with Crippen LogP contribution in [0.3, 0.4) is 0 Å². The summed E-state index contributed by atoms with van der Waals surface area (Å²) in [5, 5.41) is 0. The highest BCUT2D eigenvalue weighted by Crippen LogP contribution is 2.31. The van der Waals surface area contributed by atoms with Crippen LogP contribution in [0.25, 0.3) is 0 Å². The Balaban J connectivity index is 2.28. The summed E-state index contributed by atoms with van der Waals surface area (Å²) >= 11 is 1.38. The molecule has 0 aromatic heterocycles. The highest BCUT2D eigenvalue weighted by Gasteiger charge is 2.18. The summed E-state index contributed by atoms with van der Waals surface area (Å²) in [4.78, 5) is 16.7. The Morgan fingerprint density at radius 3 is 3.12 bits per heavy atom. The summed E-state index contributed by atoms with van der Waals surface area (Å²) in [6.45, 7) is 4.14. The van der Waals surface area contributed by atoms with E-state index in [9.17, 15) is 4.79 Å². The van der Waals surface area contributed by atoms with Crippen LogP contribution >= 0.6 is 11.9 Å². The number of amidine groups is 1. The predicted molar refractivity (Wildman–Crippen MR) is 63.9 cm³/mol. The molecule has 1 aromatic carbocycles. The first kappa shape index (κ1) is 11.0. The van der Waals surface area contributed by atoms with Gasteiger partial charge in [-0.3, -0.25) is 0 Å². The Morgan fingerprint density at radius 2 is 2.38 bits per heavy atom. The molecule has 1 heterocycles. The number of carbonyl (C=O) groups is 1. The van der Waals surface area contributed by atoms with Crippen molar-refractivity contribution in [2.45, 2.75) is 18.7 Å². The fraction of sp³-hybridized carbons (Fsp3) is 0.273. The largest absolute Gasteiger partial charge is 0.460 e. The number of benzene rings is 1. The minimum absolute atomic E-state index is 0.253. The molecule has 0 amide bonds. The van der Waals surface area contributed by atoms with Crippen LogP contribution in [-0.4, -0.2) is 18.4 Å². The molecule has 0 spiro atoms. The van der Waals surface area contributed by atoms with Crippen molar-refractivity contribution in [1.29, 1.82) is 0 Å². The van der Waals surface area contributed by atoms with Gasteiger partial charge in [0.15, 0.2) is 0 Å². The molecular formula is C11H12N2O2S. The van der Waals surface area contributed by atoms with Gasteiger partial charge in [-0.2, -0.15) is 0 Å². The van der Waals surface area contributed by atoms with E-state index < -0.39 is 5.97 Å². The second-order valence-electron chi connectivity index (χ2n) is 3.36. The molecule has 1 N–H and O–H groups in total. The van der Waals surface area contributed by atoms with E-state index in [0.29, 0.717) is 6.61 Å². The van der Waals surface area contributed by atoms with Crippen molar-refractivity contribution >= 4 is 29.4 Å². The van der Waals surface area contributed by atoms with Gasteiger partial charge >= 0.3 is 5.97 Å². The molecule has 0 aliphatic carbocycles. The van der Waals surface area contributed by atoms with E-state index in [4.69, 9.17) is 4.74 Å². The molecule has 1 aromatic rings. The van der Waals surface area contributed by atoms with E-state index in [2.05, 4.69) is 9.71 Å². The number of carbonyl (C=O) groups excluding carboxylic acids is 1. The number of fused-ring (bicyclic) bond motifs is 1. The molecule has 1 aliphatic rings. The fourth-order valence-electron chi connectivity index (χ4n) is 1.33. The summed E-state index contributed by atoms with van der Waals surface area (Å²) in [7, 11) is 0. The van der Waals surface area contributed by atoms with Crippen molar-refractivity contribution in [2.24, 2.45) is 4.99 Å². The zero-order valence-corrected chi connectivity index (χ0v) is 9.93. The van der Waals surface area contributed by atoms with Crippen molar-refractivity contribution < 1.29 is 9.53 Å². The van der Waals surface area contributed by atoms with Crippen LogP contribution in [0.15, 0.2) is 28.1 Å². The number of ether oxygens (including phenoxy) is 1. The van der Waals surface area contributed by atoms with Crippen molar-refractivity contribution in [3.63, 3.8) is 0 Å². The summed E-state index contributed by atoms with van der Waals surface area (Å²) in [6.07, 6.45) is 0. The molecule has 0 unspecified atom stereocenters. The van der Waals surface area contributed by atoms with Crippen molar-refractivity contribution in [3.05, 3.63) is 23.8 Å². The maximum absolute atomic E-state index is 11.4. The van der Waals surface area contributed by atoms with Crippen LogP contribution in [0.1, 0.15) is 12.5 Å². The van der Waals surface area contributed by atoms with Gasteiger partial charge < -0.3 is 9.46 Å². The smallest absolute Gasteiger partial charge is 0.374 e. The minimum Gasteiger partial charge on any atom is -0.460 e. The van der Waals surface area contributed by atoms with Crippen molar-refractivity contribution in [3.8, 4) is 0 Å². The molecule has 2 rings (SSSR count). The highest BCUT2D eigenvalue weighted by atomic mass is 32.2. The SMILES string of the molecule is CCOC(=O)C1=Nc2ccc(C)cc2SN1. The number of rotatable bonds is 2. The van der Waals surface area contributed by atoms with Crippen LogP contribution < -0.4 is 4.72 Å². The molecule has 4 nitrogen and oxygen atoms in total. The second kappa shape index (κ2) is 4.57. The monoisotopic (exact) mass is 236 g/mol. The molecular weight excluding hydrogens is 224 g/mol. The summed E-state index contributed by atoms with van der Waals surface area (Å²) in [5.41, 5.74) is 1.97. The lowest BCUT2D eigenvalue weighted by Gasteiger charge is -2.15. The van der Waals surface area contributed by atoms with Gasteiger partial charge in [0.05, 0.1) is 17.2 Å². The first-order valence-corrected chi connectivity index (χ1v) is 5.81. The van der Waals surface area contributed by atoms with E-state index in [-0.39, 0.29) is 5.84 Å². The van der Waals surface area contributed by atoms with Gasteiger partial charge in [0.2, 0.25) is 5.84 Å². The lowest BCUT2D eigenvalue weighted by molar-refractivity contribution is -0.135. The number of nitrogens with zero attached hydrogens (tertiary/aromatic N) is 1. The number of aliphatic imine (C=N–C) groups is 1. The zero-order valence-electron chi connectivity index (χ0n) is 9.11. The van der Waals surface area contributed by atoms with Gasteiger partial charge in [-0.25, -0.2) is 9.79 Å². The average molecular weight is 236 g/mol. The van der Waals surface area contributed by atoms with Gasteiger partial charge in [0.25, 0.3) is 0 Å². The quantitative estimate of drug-likeness (QED) is 0.631. The lowest BCUT2D eigenvalue weighted by Crippen LogP contribution is -2.29. The minimum atomic E-state index is -0.416. The van der Waals surface area contributed by atoms with E-state index in [1.807, 2.05) is 25.1 Å². The number of nitrogens with one attached hydrogen (secondary N) is 1. The molecule has 0 fully saturated rings. The van der Waals surface area contributed by atoms with Crippen LogP contribution in [0.2, 0.25) is 0 Å². The van der Waals surface area contributed by atoms with E-state index in [0.717, 1.165) is 10.6 Å². The molecule has 0 bridgehead atoms. The Bertz CT molecular complexity index is 457. The molecule has 0 atom stereocenters. The van der Waals surface area contributed by atoms with Crippen LogP contribution in [0, 0.1) is 6.92 Å². The molecule has 16 heavy (non-hydrogen) atoms. The first-order valence-electron chi connectivity index (χ1n) is 5.00. The topological polar surface area (TPSA) is 50.7 Å². The number of aryl methyl sites for hydroxylation is 1. The van der Waals surface area contributed by atoms with Crippen molar-refractivity contribution in [2.75, 3.05) is 6.61 Å². The Morgan fingerprint density at radius 1 is 1.56 bits per heavy atom. The number of esters is 1. The average Bonchev–Trinajstić information content (AvgIpc) is 2.28. The van der Waals surface area contributed by atoms with Gasteiger partial charge in [0.1, 0.15) is 0 Å². The predicted octanol–water partition coefficient (Wildman–Crippen LogP) is 2.20. The van der Waals surface area contributed by atoms with Crippen LogP contribution in [0.5, 0.6) is 0 Å². The zero-order chi connectivity index (χ0) is 11.5. The highest BCUT2D eigenvalue weighted by molar-refractivity contribution is 7.98. The third kappa shape index (κ3) is 2.19. The molecule has 5 heteroatoms. The third-order valence-electron chi connectivity index (χ3n) is 2.07. The third-order valence-corrected chi connectivity index (χ3v) is 2.92.